The molecule has 0 saturated carbocycles. The molecule has 164 valence electrons. The van der Waals surface area contributed by atoms with Crippen LogP contribution in [0.15, 0.2) is 72.8 Å². The van der Waals surface area contributed by atoms with Crippen molar-refractivity contribution >= 4 is 6.08 Å². The summed E-state index contributed by atoms with van der Waals surface area (Å²) in [5, 5.41) is 0. The number of ether oxygens (including phenoxy) is 1. The molecule has 2 aliphatic heterocycles. The number of hydrogen-bond donors (Lipinski definition) is 0. The Kier molecular flexibility index (Phi) is 6.02. The number of piperazine rings is 1. The molecule has 2 aliphatic rings. The molecule has 0 N–H and O–H groups in total. The average Bonchev–Trinajstić information content (AvgIpc) is 2.96. The molecule has 3 nitrogen and oxygen atoms in total. The fourth-order valence-electron chi connectivity index (χ4n) is 4.65. The lowest BCUT2D eigenvalue weighted by atomic mass is 9.93. The molecule has 0 radical (unpaired) electrons. The molecule has 3 aromatic carbocycles. The third kappa shape index (κ3) is 4.45. The number of benzene rings is 3. The lowest BCUT2D eigenvalue weighted by Crippen LogP contribution is -2.47. The number of hydrogen-bond acceptors (Lipinski definition) is 3. The van der Waals surface area contributed by atoms with E-state index in [4.69, 9.17) is 4.74 Å². The number of halogens is 2. The smallest absolute Gasteiger partial charge is 0.125 e. The first-order valence-electron chi connectivity index (χ1n) is 11.1. The maximum absolute atomic E-state index is 14.2. The highest BCUT2D eigenvalue weighted by Crippen LogP contribution is 2.40. The van der Waals surface area contributed by atoms with Crippen LogP contribution in [0.4, 0.5) is 8.78 Å². The van der Waals surface area contributed by atoms with Crippen LogP contribution in [-0.2, 0) is 6.61 Å². The van der Waals surface area contributed by atoms with Crippen molar-refractivity contribution in [1.82, 2.24) is 9.80 Å². The highest BCUT2D eigenvalue weighted by atomic mass is 19.1. The molecule has 2 heterocycles. The van der Waals surface area contributed by atoms with Crippen molar-refractivity contribution in [2.45, 2.75) is 12.6 Å². The van der Waals surface area contributed by atoms with E-state index in [1.807, 2.05) is 24.3 Å². The van der Waals surface area contributed by atoms with Crippen LogP contribution in [-0.4, -0.2) is 42.5 Å². The maximum atomic E-state index is 14.2. The summed E-state index contributed by atoms with van der Waals surface area (Å²) in [5.74, 6) is 0.104. The molecule has 1 fully saturated rings. The van der Waals surface area contributed by atoms with Crippen LogP contribution in [0.3, 0.4) is 0 Å². The van der Waals surface area contributed by atoms with Gasteiger partial charge >= 0.3 is 0 Å². The van der Waals surface area contributed by atoms with Gasteiger partial charge in [0.25, 0.3) is 0 Å². The predicted octanol–water partition coefficient (Wildman–Crippen LogP) is 5.28. The minimum atomic E-state index is -0.285. The molecule has 3 aromatic rings. The monoisotopic (exact) mass is 432 g/mol. The summed E-state index contributed by atoms with van der Waals surface area (Å²) in [6.45, 7) is 4.69. The van der Waals surface area contributed by atoms with Gasteiger partial charge in [0, 0.05) is 38.3 Å². The number of nitrogens with zero attached hydrogens (tertiary/aromatic N) is 2. The Balaban J connectivity index is 1.35. The van der Waals surface area contributed by atoms with E-state index in [0.717, 1.165) is 49.4 Å². The zero-order chi connectivity index (χ0) is 21.9. The Morgan fingerprint density at radius 2 is 1.59 bits per heavy atom. The van der Waals surface area contributed by atoms with Crippen molar-refractivity contribution in [1.29, 1.82) is 0 Å². The zero-order valence-corrected chi connectivity index (χ0v) is 17.9. The predicted molar refractivity (Wildman–Crippen MR) is 122 cm³/mol. The molecule has 0 amide bonds. The van der Waals surface area contributed by atoms with Gasteiger partial charge in [-0.3, -0.25) is 9.80 Å². The van der Waals surface area contributed by atoms with Crippen molar-refractivity contribution in [2.24, 2.45) is 0 Å². The quantitative estimate of drug-likeness (QED) is 0.558. The van der Waals surface area contributed by atoms with Crippen molar-refractivity contribution < 1.29 is 13.5 Å². The first-order valence-corrected chi connectivity index (χ1v) is 11.1. The summed E-state index contributed by atoms with van der Waals surface area (Å²) in [5.41, 5.74) is 3.83. The van der Waals surface area contributed by atoms with Gasteiger partial charge < -0.3 is 4.74 Å². The molecule has 5 heteroatoms. The summed E-state index contributed by atoms with van der Waals surface area (Å²) in [6, 6.07) is 19.7. The van der Waals surface area contributed by atoms with Crippen LogP contribution in [0.1, 0.15) is 28.3 Å². The van der Waals surface area contributed by atoms with Crippen LogP contribution in [0.25, 0.3) is 6.08 Å². The molecule has 0 aromatic heterocycles. The summed E-state index contributed by atoms with van der Waals surface area (Å²) in [4.78, 5) is 4.78. The molecule has 0 spiro atoms. The number of fused-ring (bicyclic) bond motifs is 2. The molecule has 0 aliphatic carbocycles. The van der Waals surface area contributed by atoms with Gasteiger partial charge in [-0.1, -0.05) is 48.6 Å². The minimum Gasteiger partial charge on any atom is -0.489 e. The first-order chi connectivity index (χ1) is 15.7. The van der Waals surface area contributed by atoms with E-state index in [1.54, 1.807) is 12.1 Å². The van der Waals surface area contributed by atoms with Crippen molar-refractivity contribution in [3.8, 4) is 5.75 Å². The Hall–Kier alpha value is -3.02. The Labute approximate surface area is 187 Å². The molecule has 1 unspecified atom stereocenters. The minimum absolute atomic E-state index is 0.152. The second-order valence-corrected chi connectivity index (χ2v) is 8.37. The summed E-state index contributed by atoms with van der Waals surface area (Å²) < 4.78 is 34.1. The summed E-state index contributed by atoms with van der Waals surface area (Å²) in [6.07, 6.45) is 4.35. The SMILES string of the molecule is Fc1ccc2c(c1)COc1ccc(F)cc1C2N1CCN(C/C=C/c2ccccc2)CC1. The first kappa shape index (κ1) is 20.9. The van der Waals surface area contributed by atoms with E-state index in [0.29, 0.717) is 5.75 Å². The molecule has 32 heavy (non-hydrogen) atoms. The molecule has 1 saturated heterocycles. The van der Waals surface area contributed by atoms with Gasteiger partial charge in [0.15, 0.2) is 0 Å². The Bertz CT molecular complexity index is 1110. The van der Waals surface area contributed by atoms with E-state index >= 15 is 0 Å². The highest BCUT2D eigenvalue weighted by molar-refractivity contribution is 5.49. The van der Waals surface area contributed by atoms with Crippen LogP contribution in [0.2, 0.25) is 0 Å². The molecule has 1 atom stereocenters. The fraction of sp³-hybridized carbons (Fsp3) is 0.259. The topological polar surface area (TPSA) is 15.7 Å². The van der Waals surface area contributed by atoms with Gasteiger partial charge in [-0.15, -0.1) is 0 Å². The van der Waals surface area contributed by atoms with Crippen molar-refractivity contribution in [3.63, 3.8) is 0 Å². The second kappa shape index (κ2) is 9.23. The lowest BCUT2D eigenvalue weighted by Gasteiger charge is -2.39. The van der Waals surface area contributed by atoms with E-state index in [9.17, 15) is 8.78 Å². The van der Waals surface area contributed by atoms with E-state index in [1.165, 1.54) is 23.8 Å². The van der Waals surface area contributed by atoms with Gasteiger partial charge in [-0.05, 0) is 47.0 Å². The summed E-state index contributed by atoms with van der Waals surface area (Å²) in [7, 11) is 0. The van der Waals surface area contributed by atoms with Crippen LogP contribution in [0.5, 0.6) is 5.75 Å². The van der Waals surface area contributed by atoms with Crippen molar-refractivity contribution in [2.75, 3.05) is 32.7 Å². The molecular formula is C27H26F2N2O. The van der Waals surface area contributed by atoms with Crippen LogP contribution < -0.4 is 4.74 Å². The van der Waals surface area contributed by atoms with Crippen LogP contribution >= 0.6 is 0 Å². The largest absolute Gasteiger partial charge is 0.489 e. The number of rotatable bonds is 4. The fourth-order valence-corrected chi connectivity index (χ4v) is 4.65. The van der Waals surface area contributed by atoms with Gasteiger partial charge in [0.1, 0.15) is 24.0 Å². The van der Waals surface area contributed by atoms with Gasteiger partial charge in [0.2, 0.25) is 0 Å². The van der Waals surface area contributed by atoms with Gasteiger partial charge in [-0.25, -0.2) is 8.78 Å². The van der Waals surface area contributed by atoms with Gasteiger partial charge in [0.05, 0.1) is 6.04 Å². The van der Waals surface area contributed by atoms with Crippen LogP contribution in [0, 0.1) is 11.6 Å². The standard InChI is InChI=1S/C27H26F2N2O/c28-22-8-10-24-21(17-22)19-32-26-11-9-23(29)18-25(26)27(24)31-15-13-30(14-16-31)12-4-7-20-5-2-1-3-6-20/h1-11,17-18,27H,12-16,19H2/b7-4+. The van der Waals surface area contributed by atoms with E-state index in [2.05, 4.69) is 34.1 Å². The second-order valence-electron chi connectivity index (χ2n) is 8.37. The summed E-state index contributed by atoms with van der Waals surface area (Å²) >= 11 is 0. The Morgan fingerprint density at radius 1 is 0.844 bits per heavy atom. The Morgan fingerprint density at radius 3 is 2.41 bits per heavy atom. The van der Waals surface area contributed by atoms with Crippen molar-refractivity contribution in [3.05, 3.63) is 107 Å². The zero-order valence-electron chi connectivity index (χ0n) is 17.9. The van der Waals surface area contributed by atoms with E-state index < -0.39 is 0 Å². The molecule has 0 bridgehead atoms. The third-order valence-electron chi connectivity index (χ3n) is 6.29. The average molecular weight is 433 g/mol. The normalized spacial score (nSPS) is 19.2. The van der Waals surface area contributed by atoms with Gasteiger partial charge in [-0.2, -0.15) is 0 Å². The molecular weight excluding hydrogens is 406 g/mol. The lowest BCUT2D eigenvalue weighted by molar-refractivity contribution is 0.117. The maximum Gasteiger partial charge on any atom is 0.125 e. The third-order valence-corrected chi connectivity index (χ3v) is 6.29. The highest BCUT2D eigenvalue weighted by Gasteiger charge is 2.32. The molecule has 5 rings (SSSR count). The van der Waals surface area contributed by atoms with E-state index in [-0.39, 0.29) is 24.3 Å².